The molecule has 0 aliphatic rings. The van der Waals surface area contributed by atoms with Crippen molar-refractivity contribution in [1.29, 1.82) is 0 Å². The fraction of sp³-hybridized carbons (Fsp3) is 0.455. The summed E-state index contributed by atoms with van der Waals surface area (Å²) in [7, 11) is 0. The van der Waals surface area contributed by atoms with Crippen molar-refractivity contribution in [3.63, 3.8) is 0 Å². The van der Waals surface area contributed by atoms with Gasteiger partial charge in [0.2, 0.25) is 0 Å². The van der Waals surface area contributed by atoms with Gasteiger partial charge >= 0.3 is 0 Å². The maximum atomic E-state index is 13.0. The molecule has 0 heterocycles. The van der Waals surface area contributed by atoms with Crippen LogP contribution in [0.3, 0.4) is 0 Å². The molecular weight excluding hydrogens is 201 g/mol. The summed E-state index contributed by atoms with van der Waals surface area (Å²) >= 11 is 5.87. The molecule has 78 valence electrons. The van der Waals surface area contributed by atoms with E-state index in [2.05, 4.69) is 0 Å². The van der Waals surface area contributed by atoms with Crippen LogP contribution in [0.2, 0.25) is 5.02 Å². The summed E-state index contributed by atoms with van der Waals surface area (Å²) in [4.78, 5) is 0. The predicted octanol–water partition coefficient (Wildman–Crippen LogP) is 3.07. The van der Waals surface area contributed by atoms with Crippen molar-refractivity contribution in [3.8, 4) is 0 Å². The molecule has 0 aromatic heterocycles. The van der Waals surface area contributed by atoms with Crippen molar-refractivity contribution < 1.29 is 4.39 Å². The molecule has 3 heteroatoms. The lowest BCUT2D eigenvalue weighted by Gasteiger charge is -2.07. The van der Waals surface area contributed by atoms with Crippen LogP contribution in [0.4, 0.5) is 4.39 Å². The van der Waals surface area contributed by atoms with Gasteiger partial charge in [0.15, 0.2) is 0 Å². The Bertz CT molecular complexity index is 312. The zero-order valence-electron chi connectivity index (χ0n) is 8.32. The lowest BCUT2D eigenvalue weighted by molar-refractivity contribution is 0.623. The topological polar surface area (TPSA) is 26.0 Å². The minimum absolute atomic E-state index is 0.261. The quantitative estimate of drug-likeness (QED) is 0.768. The van der Waals surface area contributed by atoms with Crippen LogP contribution in [0.5, 0.6) is 0 Å². The summed E-state index contributed by atoms with van der Waals surface area (Å²) in [6.07, 6.45) is 2.80. The second-order valence-corrected chi connectivity index (χ2v) is 3.82. The predicted molar refractivity (Wildman–Crippen MR) is 58.1 cm³/mol. The Morgan fingerprint density at radius 3 is 2.71 bits per heavy atom. The lowest BCUT2D eigenvalue weighted by Crippen LogP contribution is -2.00. The first-order chi connectivity index (χ1) is 6.65. The number of benzene rings is 1. The van der Waals surface area contributed by atoms with Gasteiger partial charge < -0.3 is 5.73 Å². The van der Waals surface area contributed by atoms with E-state index < -0.39 is 0 Å². The van der Waals surface area contributed by atoms with E-state index in [9.17, 15) is 4.39 Å². The van der Waals surface area contributed by atoms with Crippen molar-refractivity contribution in [1.82, 2.24) is 0 Å². The highest BCUT2D eigenvalue weighted by molar-refractivity contribution is 6.31. The molecule has 0 fully saturated rings. The number of hydrogen-bond acceptors (Lipinski definition) is 1. The summed E-state index contributed by atoms with van der Waals surface area (Å²) < 4.78 is 13.0. The molecule has 0 saturated heterocycles. The number of nitrogens with two attached hydrogens (primary N) is 1. The standard InChI is InChI=1S/C11H15ClFN/c1-8-9(4-2-3-5-14)6-10(13)7-11(8)12/h6-7H,2-5,14H2,1H3. The molecule has 1 aromatic rings. The average molecular weight is 216 g/mol. The molecular formula is C11H15ClFN. The molecule has 0 aliphatic carbocycles. The molecule has 1 aromatic carbocycles. The Kier molecular flexibility index (Phi) is 4.36. The van der Waals surface area contributed by atoms with E-state index in [4.69, 9.17) is 17.3 Å². The molecule has 0 spiro atoms. The molecule has 0 aliphatic heterocycles. The van der Waals surface area contributed by atoms with E-state index in [0.717, 1.165) is 30.4 Å². The van der Waals surface area contributed by atoms with Gasteiger partial charge in [0.1, 0.15) is 5.82 Å². The number of unbranched alkanes of at least 4 members (excludes halogenated alkanes) is 1. The first-order valence-corrected chi connectivity index (χ1v) is 5.17. The number of hydrogen-bond donors (Lipinski definition) is 1. The molecule has 0 amide bonds. The second kappa shape index (κ2) is 5.32. The summed E-state index contributed by atoms with van der Waals surface area (Å²) in [5.41, 5.74) is 7.36. The Labute approximate surface area is 89.1 Å². The molecule has 0 saturated carbocycles. The molecule has 0 atom stereocenters. The van der Waals surface area contributed by atoms with Crippen molar-refractivity contribution in [3.05, 3.63) is 34.1 Å². The first kappa shape index (κ1) is 11.5. The lowest BCUT2D eigenvalue weighted by atomic mass is 10.0. The van der Waals surface area contributed by atoms with Crippen LogP contribution in [0.15, 0.2) is 12.1 Å². The van der Waals surface area contributed by atoms with Gasteiger partial charge in [-0.15, -0.1) is 0 Å². The Morgan fingerprint density at radius 2 is 2.07 bits per heavy atom. The number of aryl methyl sites for hydroxylation is 1. The number of halogens is 2. The van der Waals surface area contributed by atoms with Gasteiger partial charge in [0.25, 0.3) is 0 Å². The highest BCUT2D eigenvalue weighted by Gasteiger charge is 2.05. The van der Waals surface area contributed by atoms with E-state index in [1.54, 1.807) is 6.07 Å². The summed E-state index contributed by atoms with van der Waals surface area (Å²) in [5.74, 6) is -0.261. The zero-order valence-corrected chi connectivity index (χ0v) is 9.07. The summed E-state index contributed by atoms with van der Waals surface area (Å²) in [6.45, 7) is 2.60. The van der Waals surface area contributed by atoms with Crippen LogP contribution in [0.25, 0.3) is 0 Å². The summed E-state index contributed by atoms with van der Waals surface area (Å²) in [5, 5.41) is 0.507. The highest BCUT2D eigenvalue weighted by Crippen LogP contribution is 2.22. The Balaban J connectivity index is 2.75. The third-order valence-corrected chi connectivity index (χ3v) is 2.71. The fourth-order valence-electron chi connectivity index (χ4n) is 1.42. The maximum Gasteiger partial charge on any atom is 0.124 e. The minimum atomic E-state index is -0.261. The molecule has 2 N–H and O–H groups in total. The zero-order chi connectivity index (χ0) is 10.6. The van der Waals surface area contributed by atoms with Gasteiger partial charge in [-0.3, -0.25) is 0 Å². The van der Waals surface area contributed by atoms with E-state index in [1.807, 2.05) is 6.92 Å². The van der Waals surface area contributed by atoms with Crippen LogP contribution in [0.1, 0.15) is 24.0 Å². The van der Waals surface area contributed by atoms with Gasteiger partial charge in [0.05, 0.1) is 0 Å². The van der Waals surface area contributed by atoms with Crippen LogP contribution in [-0.2, 0) is 6.42 Å². The summed E-state index contributed by atoms with van der Waals surface area (Å²) in [6, 6.07) is 2.90. The third-order valence-electron chi connectivity index (χ3n) is 2.32. The van der Waals surface area contributed by atoms with E-state index in [-0.39, 0.29) is 5.82 Å². The number of rotatable bonds is 4. The van der Waals surface area contributed by atoms with Crippen LogP contribution in [-0.4, -0.2) is 6.54 Å². The molecule has 0 bridgehead atoms. The molecule has 0 unspecified atom stereocenters. The van der Waals surface area contributed by atoms with Crippen LogP contribution < -0.4 is 5.73 Å². The Morgan fingerprint density at radius 1 is 1.36 bits per heavy atom. The highest BCUT2D eigenvalue weighted by atomic mass is 35.5. The molecule has 1 nitrogen and oxygen atoms in total. The molecule has 0 radical (unpaired) electrons. The molecule has 1 rings (SSSR count). The van der Waals surface area contributed by atoms with Gasteiger partial charge in [0, 0.05) is 5.02 Å². The van der Waals surface area contributed by atoms with Crippen LogP contribution >= 0.6 is 11.6 Å². The fourth-order valence-corrected chi connectivity index (χ4v) is 1.64. The first-order valence-electron chi connectivity index (χ1n) is 4.79. The van der Waals surface area contributed by atoms with E-state index in [1.165, 1.54) is 6.07 Å². The van der Waals surface area contributed by atoms with E-state index >= 15 is 0 Å². The van der Waals surface area contributed by atoms with Crippen molar-refractivity contribution in [2.75, 3.05) is 6.54 Å². The van der Waals surface area contributed by atoms with Gasteiger partial charge in [-0.25, -0.2) is 4.39 Å². The maximum absolute atomic E-state index is 13.0. The minimum Gasteiger partial charge on any atom is -0.330 e. The van der Waals surface area contributed by atoms with Crippen molar-refractivity contribution in [2.45, 2.75) is 26.2 Å². The van der Waals surface area contributed by atoms with Crippen molar-refractivity contribution in [2.24, 2.45) is 5.73 Å². The van der Waals surface area contributed by atoms with Crippen molar-refractivity contribution >= 4 is 11.6 Å². The second-order valence-electron chi connectivity index (χ2n) is 3.42. The van der Waals surface area contributed by atoms with Gasteiger partial charge in [-0.05, 0) is 56.0 Å². The molecule has 14 heavy (non-hydrogen) atoms. The van der Waals surface area contributed by atoms with Gasteiger partial charge in [-0.1, -0.05) is 11.6 Å². The van der Waals surface area contributed by atoms with Gasteiger partial charge in [-0.2, -0.15) is 0 Å². The Hall–Kier alpha value is -0.600. The normalized spacial score (nSPS) is 10.6. The van der Waals surface area contributed by atoms with Crippen LogP contribution in [0, 0.1) is 12.7 Å². The SMILES string of the molecule is Cc1c(Cl)cc(F)cc1CCCCN. The smallest absolute Gasteiger partial charge is 0.124 e. The average Bonchev–Trinajstić information content (AvgIpc) is 2.13. The third kappa shape index (κ3) is 2.96. The largest absolute Gasteiger partial charge is 0.330 e. The monoisotopic (exact) mass is 215 g/mol. The van der Waals surface area contributed by atoms with E-state index in [0.29, 0.717) is 11.6 Å².